The summed E-state index contributed by atoms with van der Waals surface area (Å²) in [7, 11) is 0. The van der Waals surface area contributed by atoms with E-state index < -0.39 is 37.5 Å². The van der Waals surface area contributed by atoms with Crippen LogP contribution in [0.2, 0.25) is 4.44 Å². The molecule has 41 heavy (non-hydrogen) atoms. The maximum atomic E-state index is 13.4. The van der Waals surface area contributed by atoms with Gasteiger partial charge in [-0.05, 0) is 0 Å². The normalized spacial score (nSPS) is 14.0. The van der Waals surface area contributed by atoms with Crippen LogP contribution in [0.5, 0.6) is 34.5 Å². The summed E-state index contributed by atoms with van der Waals surface area (Å²) >= 11 is -5.40. The summed E-state index contributed by atoms with van der Waals surface area (Å²) < 4.78 is 49.9. The average molecular weight is 671 g/mol. The molecule has 0 radical (unpaired) electrons. The number of carbonyl (C=O) groups is 3. The van der Waals surface area contributed by atoms with Crippen molar-refractivity contribution in [3.63, 3.8) is 0 Å². The predicted molar refractivity (Wildman–Crippen MR) is 139 cm³/mol. The molecule has 13 heteroatoms. The Morgan fingerprint density at radius 2 is 0.927 bits per heavy atom. The van der Waals surface area contributed by atoms with Crippen LogP contribution in [0, 0.1) is 0 Å². The molecule has 3 heterocycles. The molecule has 0 saturated carbocycles. The molecular formula is C28H24O12Sn. The van der Waals surface area contributed by atoms with Gasteiger partial charge in [0, 0.05) is 0 Å². The van der Waals surface area contributed by atoms with Gasteiger partial charge in [0.2, 0.25) is 0 Å². The minimum atomic E-state index is -5.40. The van der Waals surface area contributed by atoms with E-state index >= 15 is 0 Å². The van der Waals surface area contributed by atoms with E-state index in [9.17, 15) is 14.4 Å². The second kappa shape index (κ2) is 11.3. The molecule has 0 aromatic heterocycles. The zero-order valence-corrected chi connectivity index (χ0v) is 24.7. The van der Waals surface area contributed by atoms with Crippen molar-refractivity contribution in [2.45, 2.75) is 24.2 Å². The van der Waals surface area contributed by atoms with E-state index in [0.29, 0.717) is 47.3 Å². The topological polar surface area (TPSA) is 134 Å². The van der Waals surface area contributed by atoms with Crippen LogP contribution in [0.15, 0.2) is 54.6 Å². The summed E-state index contributed by atoms with van der Waals surface area (Å²) in [6.07, 6.45) is 1.12. The summed E-state index contributed by atoms with van der Waals surface area (Å²) in [6, 6.07) is 13.6. The van der Waals surface area contributed by atoms with Gasteiger partial charge in [0.25, 0.3) is 0 Å². The molecule has 0 fully saturated rings. The second-order valence-electron chi connectivity index (χ2n) is 9.16. The van der Waals surface area contributed by atoms with Gasteiger partial charge in [-0.3, -0.25) is 0 Å². The first kappa shape index (κ1) is 26.9. The summed E-state index contributed by atoms with van der Waals surface area (Å²) in [5, 5.41) is 0. The van der Waals surface area contributed by atoms with E-state index in [4.69, 9.17) is 37.6 Å². The molecule has 0 saturated heterocycles. The standard InChI is InChI=1S/3C8H6O4.C4H9.Sn/c3*9-8(10)5-1-2-6-7(3-5)12-4-11-6;1-3-4-2;/h3*1-3H,4H2,(H,9,10);1,3-4H2,2H3;/q;;;;+3/p-3. The van der Waals surface area contributed by atoms with Crippen LogP contribution in [-0.2, 0) is 9.22 Å². The number of fused-ring (bicyclic) bond motifs is 3. The van der Waals surface area contributed by atoms with Crippen molar-refractivity contribution in [1.29, 1.82) is 0 Å². The van der Waals surface area contributed by atoms with Crippen molar-refractivity contribution in [2.24, 2.45) is 0 Å². The fourth-order valence-corrected chi connectivity index (χ4v) is 11.2. The van der Waals surface area contributed by atoms with Gasteiger partial charge in [0.1, 0.15) is 0 Å². The van der Waals surface area contributed by atoms with Gasteiger partial charge in [-0.25, -0.2) is 0 Å². The molecule has 3 aliphatic heterocycles. The van der Waals surface area contributed by atoms with Crippen LogP contribution in [0.4, 0.5) is 0 Å². The van der Waals surface area contributed by atoms with E-state index in [1.165, 1.54) is 36.4 Å². The average Bonchev–Trinajstić information content (AvgIpc) is 3.75. The quantitative estimate of drug-likeness (QED) is 0.297. The number of hydrogen-bond acceptors (Lipinski definition) is 12. The number of unbranched alkanes of at least 4 members (excludes halogenated alkanes) is 1. The Bertz CT molecular complexity index is 1350. The first-order valence-electron chi connectivity index (χ1n) is 12.8. The van der Waals surface area contributed by atoms with Gasteiger partial charge in [0.15, 0.2) is 0 Å². The van der Waals surface area contributed by atoms with Crippen molar-refractivity contribution in [2.75, 3.05) is 20.4 Å². The van der Waals surface area contributed by atoms with Crippen molar-refractivity contribution >= 4 is 37.5 Å². The molecule has 3 aromatic rings. The van der Waals surface area contributed by atoms with Crippen LogP contribution < -0.4 is 28.4 Å². The monoisotopic (exact) mass is 672 g/mol. The van der Waals surface area contributed by atoms with Crippen LogP contribution in [0.1, 0.15) is 50.8 Å². The fraction of sp³-hybridized carbons (Fsp3) is 0.250. The Labute approximate surface area is 239 Å². The third-order valence-corrected chi connectivity index (χ3v) is 13.4. The molecule has 0 amide bonds. The maximum absolute atomic E-state index is 13.4. The summed E-state index contributed by atoms with van der Waals surface area (Å²) in [5.41, 5.74) is 0.347. The first-order valence-corrected chi connectivity index (χ1v) is 18.3. The molecule has 0 unspecified atom stereocenters. The van der Waals surface area contributed by atoms with Crippen molar-refractivity contribution in [1.82, 2.24) is 0 Å². The fourth-order valence-electron chi connectivity index (χ4n) is 4.28. The molecule has 6 rings (SSSR count). The molecule has 0 atom stereocenters. The van der Waals surface area contributed by atoms with Crippen molar-refractivity contribution in [3.05, 3.63) is 71.3 Å². The first-order chi connectivity index (χ1) is 19.9. The van der Waals surface area contributed by atoms with Crippen molar-refractivity contribution in [3.8, 4) is 34.5 Å². The molecule has 0 spiro atoms. The molecule has 3 aliphatic rings. The van der Waals surface area contributed by atoms with E-state index in [2.05, 4.69) is 0 Å². The number of rotatable bonds is 9. The third kappa shape index (κ3) is 5.64. The molecule has 3 aromatic carbocycles. The molecule has 0 bridgehead atoms. The summed E-state index contributed by atoms with van der Waals surface area (Å²) in [5.74, 6) is 0.0458. The van der Waals surface area contributed by atoms with Gasteiger partial charge in [-0.2, -0.15) is 0 Å². The van der Waals surface area contributed by atoms with E-state index in [1.54, 1.807) is 18.2 Å². The van der Waals surface area contributed by atoms with Gasteiger partial charge >= 0.3 is 240 Å². The van der Waals surface area contributed by atoms with E-state index in [-0.39, 0.29) is 41.5 Å². The number of benzene rings is 3. The SMILES string of the molecule is CCC[CH2][Sn]([O]C(=O)c1ccc2c(c1)OCO2)([O]C(=O)c1ccc2c(c1)OCO2)[O]C(=O)c1ccc2c(c1)OCO2. The van der Waals surface area contributed by atoms with E-state index in [0.717, 1.165) is 0 Å². The molecule has 12 nitrogen and oxygen atoms in total. The van der Waals surface area contributed by atoms with Gasteiger partial charge in [0.05, 0.1) is 0 Å². The number of ether oxygens (including phenoxy) is 6. The Hall–Kier alpha value is -4.33. The number of hydrogen-bond donors (Lipinski definition) is 0. The second-order valence-corrected chi connectivity index (χ2v) is 16.2. The van der Waals surface area contributed by atoms with Gasteiger partial charge < -0.3 is 0 Å². The van der Waals surface area contributed by atoms with E-state index in [1.807, 2.05) is 6.92 Å². The zero-order chi connectivity index (χ0) is 28.4. The van der Waals surface area contributed by atoms with Gasteiger partial charge in [-0.1, -0.05) is 0 Å². The Morgan fingerprint density at radius 1 is 0.585 bits per heavy atom. The third-order valence-electron chi connectivity index (χ3n) is 6.41. The molecule has 0 N–H and O–H groups in total. The Morgan fingerprint density at radius 3 is 1.27 bits per heavy atom. The minimum absolute atomic E-state index is 0.0216. The molecule has 212 valence electrons. The van der Waals surface area contributed by atoms with Crippen LogP contribution in [-0.4, -0.2) is 57.9 Å². The van der Waals surface area contributed by atoms with Crippen LogP contribution in [0.25, 0.3) is 0 Å². The Balaban J connectivity index is 1.32. The van der Waals surface area contributed by atoms with Crippen molar-refractivity contribution < 1.29 is 52.0 Å². The zero-order valence-electron chi connectivity index (χ0n) is 21.8. The number of carbonyl (C=O) groups excluding carboxylic acids is 3. The van der Waals surface area contributed by atoms with Gasteiger partial charge in [-0.15, -0.1) is 0 Å². The molecule has 0 aliphatic carbocycles. The summed E-state index contributed by atoms with van der Waals surface area (Å²) in [6.45, 7) is 1.98. The molecular weight excluding hydrogens is 647 g/mol. The summed E-state index contributed by atoms with van der Waals surface area (Å²) in [4.78, 5) is 40.3. The predicted octanol–water partition coefficient (Wildman–Crippen LogP) is 4.48. The van der Waals surface area contributed by atoms with Crippen LogP contribution >= 0.6 is 0 Å². The van der Waals surface area contributed by atoms with Crippen LogP contribution in [0.3, 0.4) is 0 Å². The Kier molecular flexibility index (Phi) is 7.39.